The van der Waals surface area contributed by atoms with Crippen molar-refractivity contribution in [1.29, 1.82) is 0 Å². The summed E-state index contributed by atoms with van der Waals surface area (Å²) in [6.45, 7) is 2.77. The molecular formula is C14H22N4O2S. The maximum atomic E-state index is 12.4. The van der Waals surface area contributed by atoms with Crippen molar-refractivity contribution in [3.8, 4) is 0 Å². The Kier molecular flexibility index (Phi) is 5.41. The minimum atomic E-state index is -0.887. The highest BCUT2D eigenvalue weighted by atomic mass is 32.2. The molecule has 2 N–H and O–H groups in total. The monoisotopic (exact) mass is 310 g/mol. The molecule has 0 aliphatic carbocycles. The zero-order valence-corrected chi connectivity index (χ0v) is 13.3. The number of anilines is 1. The number of aliphatic hydroxyl groups is 1. The van der Waals surface area contributed by atoms with Gasteiger partial charge in [-0.05, 0) is 32.1 Å². The largest absolute Gasteiger partial charge is 0.387 e. The first-order chi connectivity index (χ1) is 10.0. The summed E-state index contributed by atoms with van der Waals surface area (Å²) in [6, 6.07) is 1.51. The van der Waals surface area contributed by atoms with Crippen molar-refractivity contribution in [2.75, 3.05) is 30.0 Å². The van der Waals surface area contributed by atoms with Crippen molar-refractivity contribution in [2.45, 2.75) is 31.4 Å². The third kappa shape index (κ3) is 4.31. The summed E-state index contributed by atoms with van der Waals surface area (Å²) in [5.74, 6) is 1.11. The van der Waals surface area contributed by atoms with Gasteiger partial charge in [0.2, 0.25) is 11.9 Å². The standard InChI is InChI=1S/C14H22N4O2S/c1-14(20,10-21-2)9-17-12(19)11-5-3-8-18(11)13-15-6-4-7-16-13/h4,6-7,11,20H,3,5,8-10H2,1-2H3,(H,17,19). The molecule has 0 aromatic carbocycles. The minimum absolute atomic E-state index is 0.0682. The third-order valence-corrected chi connectivity index (χ3v) is 4.37. The van der Waals surface area contributed by atoms with Gasteiger partial charge in [0.15, 0.2) is 0 Å². The molecule has 2 unspecified atom stereocenters. The summed E-state index contributed by atoms with van der Waals surface area (Å²) in [6.07, 6.45) is 7.02. The van der Waals surface area contributed by atoms with Crippen LogP contribution in [0.4, 0.5) is 5.95 Å². The van der Waals surface area contributed by atoms with Crippen molar-refractivity contribution >= 4 is 23.6 Å². The van der Waals surface area contributed by atoms with E-state index >= 15 is 0 Å². The van der Waals surface area contributed by atoms with Gasteiger partial charge in [0, 0.05) is 31.2 Å². The van der Waals surface area contributed by atoms with E-state index in [0.29, 0.717) is 11.7 Å². The molecule has 2 rings (SSSR count). The van der Waals surface area contributed by atoms with Crippen LogP contribution in [0.3, 0.4) is 0 Å². The molecule has 1 aromatic rings. The Bertz CT molecular complexity index is 469. The lowest BCUT2D eigenvalue weighted by Gasteiger charge is -2.27. The second kappa shape index (κ2) is 7.09. The molecule has 1 aliphatic heterocycles. The number of hydrogen-bond acceptors (Lipinski definition) is 6. The summed E-state index contributed by atoms with van der Waals surface area (Å²) in [5, 5.41) is 13.0. The van der Waals surface area contributed by atoms with Crippen LogP contribution >= 0.6 is 11.8 Å². The second-order valence-corrected chi connectivity index (χ2v) is 6.41. The zero-order valence-electron chi connectivity index (χ0n) is 12.5. The zero-order chi connectivity index (χ0) is 15.3. The molecule has 0 spiro atoms. The fraction of sp³-hybridized carbons (Fsp3) is 0.643. The minimum Gasteiger partial charge on any atom is -0.387 e. The first-order valence-corrected chi connectivity index (χ1v) is 8.45. The quantitative estimate of drug-likeness (QED) is 0.804. The number of rotatable bonds is 6. The van der Waals surface area contributed by atoms with E-state index in [0.717, 1.165) is 19.4 Å². The molecule has 1 aromatic heterocycles. The molecule has 1 amide bonds. The van der Waals surface area contributed by atoms with Crippen LogP contribution in [0.5, 0.6) is 0 Å². The number of nitrogens with zero attached hydrogens (tertiary/aromatic N) is 3. The molecule has 1 saturated heterocycles. The van der Waals surface area contributed by atoms with Gasteiger partial charge in [0.25, 0.3) is 0 Å². The molecular weight excluding hydrogens is 288 g/mol. The predicted molar refractivity (Wildman–Crippen MR) is 84.4 cm³/mol. The molecule has 1 fully saturated rings. The predicted octanol–water partition coefficient (Wildman–Crippen LogP) is 0.676. The molecule has 0 bridgehead atoms. The van der Waals surface area contributed by atoms with E-state index in [1.807, 2.05) is 11.2 Å². The highest BCUT2D eigenvalue weighted by Gasteiger charge is 2.33. The van der Waals surface area contributed by atoms with E-state index in [-0.39, 0.29) is 18.5 Å². The highest BCUT2D eigenvalue weighted by Crippen LogP contribution is 2.22. The van der Waals surface area contributed by atoms with E-state index in [2.05, 4.69) is 15.3 Å². The average Bonchev–Trinajstić information content (AvgIpc) is 2.95. The number of carbonyl (C=O) groups is 1. The molecule has 1 aliphatic rings. The Balaban J connectivity index is 1.95. The lowest BCUT2D eigenvalue weighted by molar-refractivity contribution is -0.123. The van der Waals surface area contributed by atoms with Crippen molar-refractivity contribution in [3.63, 3.8) is 0 Å². The SMILES string of the molecule is CSCC(C)(O)CNC(=O)C1CCCN1c1ncccn1. The summed E-state index contributed by atoms with van der Waals surface area (Å²) in [4.78, 5) is 22.7. The Hall–Kier alpha value is -1.34. The Morgan fingerprint density at radius 2 is 2.29 bits per heavy atom. The summed E-state index contributed by atoms with van der Waals surface area (Å²) in [5.41, 5.74) is -0.887. The first kappa shape index (κ1) is 16.0. The average molecular weight is 310 g/mol. The van der Waals surface area contributed by atoms with Gasteiger partial charge in [-0.1, -0.05) is 0 Å². The molecule has 2 heterocycles. The van der Waals surface area contributed by atoms with E-state index < -0.39 is 5.60 Å². The molecule has 116 valence electrons. The van der Waals surface area contributed by atoms with E-state index in [1.54, 1.807) is 37.1 Å². The number of carbonyl (C=O) groups excluding carboxylic acids is 1. The molecule has 7 heteroatoms. The van der Waals surface area contributed by atoms with Crippen molar-refractivity contribution < 1.29 is 9.90 Å². The number of hydrogen-bond donors (Lipinski definition) is 2. The number of thioether (sulfide) groups is 1. The molecule has 6 nitrogen and oxygen atoms in total. The summed E-state index contributed by atoms with van der Waals surface area (Å²) in [7, 11) is 0. The van der Waals surface area contributed by atoms with Crippen LogP contribution in [0, 0.1) is 0 Å². The van der Waals surface area contributed by atoms with Gasteiger partial charge in [0.1, 0.15) is 6.04 Å². The van der Waals surface area contributed by atoms with Crippen LogP contribution in [-0.2, 0) is 4.79 Å². The highest BCUT2D eigenvalue weighted by molar-refractivity contribution is 7.98. The Labute approximate surface area is 129 Å². The Morgan fingerprint density at radius 3 is 2.95 bits per heavy atom. The van der Waals surface area contributed by atoms with E-state index in [1.165, 1.54) is 0 Å². The van der Waals surface area contributed by atoms with Crippen molar-refractivity contribution in [3.05, 3.63) is 18.5 Å². The maximum Gasteiger partial charge on any atom is 0.242 e. The normalized spacial score (nSPS) is 21.1. The van der Waals surface area contributed by atoms with Crippen LogP contribution < -0.4 is 10.2 Å². The van der Waals surface area contributed by atoms with Gasteiger partial charge in [-0.25, -0.2) is 9.97 Å². The summed E-state index contributed by atoms with van der Waals surface area (Å²) < 4.78 is 0. The van der Waals surface area contributed by atoms with Crippen LogP contribution in [0.2, 0.25) is 0 Å². The van der Waals surface area contributed by atoms with Crippen LogP contribution in [-0.4, -0.2) is 57.7 Å². The molecule has 21 heavy (non-hydrogen) atoms. The van der Waals surface area contributed by atoms with Crippen LogP contribution in [0.15, 0.2) is 18.5 Å². The molecule has 2 atom stereocenters. The number of nitrogens with one attached hydrogen (secondary N) is 1. The van der Waals surface area contributed by atoms with Crippen LogP contribution in [0.25, 0.3) is 0 Å². The van der Waals surface area contributed by atoms with Crippen molar-refractivity contribution in [2.24, 2.45) is 0 Å². The van der Waals surface area contributed by atoms with Crippen molar-refractivity contribution in [1.82, 2.24) is 15.3 Å². The smallest absolute Gasteiger partial charge is 0.242 e. The topological polar surface area (TPSA) is 78.4 Å². The first-order valence-electron chi connectivity index (χ1n) is 7.06. The second-order valence-electron chi connectivity index (χ2n) is 5.55. The fourth-order valence-corrected chi connectivity index (χ4v) is 3.20. The molecule has 0 radical (unpaired) electrons. The van der Waals surface area contributed by atoms with E-state index in [4.69, 9.17) is 0 Å². The van der Waals surface area contributed by atoms with Gasteiger partial charge in [0.05, 0.1) is 5.60 Å². The van der Waals surface area contributed by atoms with Gasteiger partial charge in [-0.15, -0.1) is 0 Å². The number of amides is 1. The summed E-state index contributed by atoms with van der Waals surface area (Å²) >= 11 is 1.56. The van der Waals surface area contributed by atoms with Gasteiger partial charge in [-0.3, -0.25) is 4.79 Å². The fourth-order valence-electron chi connectivity index (χ4n) is 2.48. The lowest BCUT2D eigenvalue weighted by Crippen LogP contribution is -2.49. The van der Waals surface area contributed by atoms with Crippen LogP contribution in [0.1, 0.15) is 19.8 Å². The third-order valence-electron chi connectivity index (χ3n) is 3.46. The van der Waals surface area contributed by atoms with Gasteiger partial charge >= 0.3 is 0 Å². The Morgan fingerprint density at radius 1 is 1.57 bits per heavy atom. The van der Waals surface area contributed by atoms with Gasteiger partial charge < -0.3 is 15.3 Å². The number of aromatic nitrogens is 2. The maximum absolute atomic E-state index is 12.4. The van der Waals surface area contributed by atoms with E-state index in [9.17, 15) is 9.90 Å². The lowest BCUT2D eigenvalue weighted by atomic mass is 10.1. The van der Waals surface area contributed by atoms with Gasteiger partial charge in [-0.2, -0.15) is 11.8 Å². The molecule has 0 saturated carbocycles.